The van der Waals surface area contributed by atoms with Gasteiger partial charge in [-0.1, -0.05) is 79.4 Å². The summed E-state index contributed by atoms with van der Waals surface area (Å²) in [5.41, 5.74) is 2.25. The number of carbonyl (C=O) groups excluding carboxylic acids is 2. The lowest BCUT2D eigenvalue weighted by Gasteiger charge is -2.33. The molecule has 4 rings (SSSR count). The lowest BCUT2D eigenvalue weighted by Crippen LogP contribution is -2.53. The third-order valence-corrected chi connectivity index (χ3v) is 9.29. The zero-order valence-electron chi connectivity index (χ0n) is 22.9. The van der Waals surface area contributed by atoms with Crippen molar-refractivity contribution in [3.8, 4) is 0 Å². The molecule has 40 heavy (non-hydrogen) atoms. The average Bonchev–Trinajstić information content (AvgIpc) is 3.45. The second-order valence-electron chi connectivity index (χ2n) is 10.2. The Hall–Kier alpha value is -3.36. The van der Waals surface area contributed by atoms with E-state index in [9.17, 15) is 18.0 Å². The second kappa shape index (κ2) is 13.3. The van der Waals surface area contributed by atoms with E-state index in [0.717, 1.165) is 41.1 Å². The molecule has 212 valence electrons. The number of nitrogens with zero attached hydrogens (tertiary/aromatic N) is 2. The molecule has 0 bridgehead atoms. The van der Waals surface area contributed by atoms with Gasteiger partial charge in [0.1, 0.15) is 12.6 Å². The molecule has 0 radical (unpaired) electrons. The normalized spacial score (nSPS) is 14.5. The van der Waals surface area contributed by atoms with E-state index in [-0.39, 0.29) is 23.4 Å². The van der Waals surface area contributed by atoms with E-state index in [2.05, 4.69) is 5.32 Å². The van der Waals surface area contributed by atoms with E-state index < -0.39 is 28.5 Å². The standard InChI is InChI=1S/C31H36ClN3O4S/c1-3-29(31(37)33-26-12-7-8-13-26)34(21-24-11-9-10-23(2)20-24)30(36)22-35(27-14-5-4-6-15-27)40(38,39)28-18-16-25(32)17-19-28/h4-6,9-11,14-20,26,29H,3,7-8,12-13,21-22H2,1-2H3,(H,33,37)/t29-/m1/s1. The number of para-hydroxylation sites is 1. The number of aryl methyl sites for hydroxylation is 1. The maximum Gasteiger partial charge on any atom is 0.264 e. The summed E-state index contributed by atoms with van der Waals surface area (Å²) < 4.78 is 28.8. The Morgan fingerprint density at radius 2 is 1.65 bits per heavy atom. The molecule has 1 fully saturated rings. The van der Waals surface area contributed by atoms with Crippen molar-refractivity contribution < 1.29 is 18.0 Å². The number of halogens is 1. The van der Waals surface area contributed by atoms with Crippen molar-refractivity contribution in [2.24, 2.45) is 0 Å². The monoisotopic (exact) mass is 581 g/mol. The molecule has 1 aliphatic carbocycles. The molecule has 3 aromatic rings. The first-order valence-corrected chi connectivity index (χ1v) is 15.5. The minimum atomic E-state index is -4.12. The minimum Gasteiger partial charge on any atom is -0.352 e. The second-order valence-corrected chi connectivity index (χ2v) is 12.5. The van der Waals surface area contributed by atoms with E-state index in [1.807, 2.05) is 38.1 Å². The Labute approximate surface area is 242 Å². The summed E-state index contributed by atoms with van der Waals surface area (Å²) in [7, 11) is -4.12. The van der Waals surface area contributed by atoms with Crippen LogP contribution in [0.15, 0.2) is 83.8 Å². The highest BCUT2D eigenvalue weighted by Gasteiger charge is 2.34. The minimum absolute atomic E-state index is 0.0183. The van der Waals surface area contributed by atoms with Crippen molar-refractivity contribution >= 4 is 39.1 Å². The Kier molecular flexibility index (Phi) is 9.87. The van der Waals surface area contributed by atoms with Gasteiger partial charge in [-0.05, 0) is 68.1 Å². The van der Waals surface area contributed by atoms with Gasteiger partial charge in [0.15, 0.2) is 0 Å². The quantitative estimate of drug-likeness (QED) is 0.314. The van der Waals surface area contributed by atoms with Gasteiger partial charge in [-0.25, -0.2) is 8.42 Å². The smallest absolute Gasteiger partial charge is 0.264 e. The highest BCUT2D eigenvalue weighted by atomic mass is 35.5. The topological polar surface area (TPSA) is 86.8 Å². The number of carbonyl (C=O) groups is 2. The molecular formula is C31H36ClN3O4S. The lowest BCUT2D eigenvalue weighted by molar-refractivity contribution is -0.140. The Morgan fingerprint density at radius 3 is 2.27 bits per heavy atom. The Morgan fingerprint density at radius 1 is 0.975 bits per heavy atom. The fourth-order valence-electron chi connectivity index (χ4n) is 5.15. The summed E-state index contributed by atoms with van der Waals surface area (Å²) in [5.74, 6) is -0.668. The molecule has 1 N–H and O–H groups in total. The maximum absolute atomic E-state index is 14.1. The molecule has 1 saturated carbocycles. The van der Waals surface area contributed by atoms with Gasteiger partial charge in [0.25, 0.3) is 10.0 Å². The van der Waals surface area contributed by atoms with E-state index in [1.165, 1.54) is 29.2 Å². The van der Waals surface area contributed by atoms with Gasteiger partial charge in [0, 0.05) is 17.6 Å². The summed E-state index contributed by atoms with van der Waals surface area (Å²) >= 11 is 6.01. The molecule has 0 unspecified atom stereocenters. The number of benzene rings is 3. The molecule has 2 amide bonds. The zero-order valence-corrected chi connectivity index (χ0v) is 24.5. The number of sulfonamides is 1. The molecule has 3 aromatic carbocycles. The van der Waals surface area contributed by atoms with Crippen LogP contribution in [0, 0.1) is 6.92 Å². The van der Waals surface area contributed by atoms with Crippen LogP contribution in [0.5, 0.6) is 0 Å². The molecule has 9 heteroatoms. The molecule has 1 atom stereocenters. The molecule has 0 spiro atoms. The number of nitrogens with one attached hydrogen (secondary N) is 1. The van der Waals surface area contributed by atoms with Crippen LogP contribution in [-0.2, 0) is 26.2 Å². The fraction of sp³-hybridized carbons (Fsp3) is 0.355. The predicted octanol–water partition coefficient (Wildman–Crippen LogP) is 5.71. The van der Waals surface area contributed by atoms with Gasteiger partial charge in [-0.2, -0.15) is 0 Å². The van der Waals surface area contributed by atoms with Gasteiger partial charge in [-0.15, -0.1) is 0 Å². The van der Waals surface area contributed by atoms with E-state index >= 15 is 0 Å². The van der Waals surface area contributed by atoms with E-state index in [1.54, 1.807) is 30.3 Å². The van der Waals surface area contributed by atoms with Crippen molar-refractivity contribution in [1.82, 2.24) is 10.2 Å². The molecule has 0 aromatic heterocycles. The highest BCUT2D eigenvalue weighted by molar-refractivity contribution is 7.92. The van der Waals surface area contributed by atoms with Crippen LogP contribution >= 0.6 is 11.6 Å². The number of amides is 2. The van der Waals surface area contributed by atoms with Crippen LogP contribution in [0.25, 0.3) is 0 Å². The number of hydrogen-bond acceptors (Lipinski definition) is 4. The summed E-state index contributed by atoms with van der Waals surface area (Å²) in [6.45, 7) is 3.55. The average molecular weight is 582 g/mol. The molecule has 0 heterocycles. The number of hydrogen-bond donors (Lipinski definition) is 1. The maximum atomic E-state index is 14.1. The van der Waals surface area contributed by atoms with Crippen molar-refractivity contribution in [1.29, 1.82) is 0 Å². The van der Waals surface area contributed by atoms with Crippen molar-refractivity contribution in [2.75, 3.05) is 10.8 Å². The van der Waals surface area contributed by atoms with Gasteiger partial charge in [0.05, 0.1) is 10.6 Å². The molecule has 0 aliphatic heterocycles. The Bertz CT molecular complexity index is 1410. The molecule has 0 saturated heterocycles. The van der Waals surface area contributed by atoms with Crippen molar-refractivity contribution in [3.05, 3.63) is 95.0 Å². The summed E-state index contributed by atoms with van der Waals surface area (Å²) in [4.78, 5) is 29.1. The highest BCUT2D eigenvalue weighted by Crippen LogP contribution is 2.26. The van der Waals surface area contributed by atoms with Gasteiger partial charge < -0.3 is 10.2 Å². The van der Waals surface area contributed by atoms with Crippen molar-refractivity contribution in [2.45, 2.75) is 69.5 Å². The van der Waals surface area contributed by atoms with Gasteiger partial charge >= 0.3 is 0 Å². The zero-order chi connectivity index (χ0) is 28.7. The SMILES string of the molecule is CC[C@H](C(=O)NC1CCCC1)N(Cc1cccc(C)c1)C(=O)CN(c1ccccc1)S(=O)(=O)c1ccc(Cl)cc1. The number of rotatable bonds is 11. The first-order valence-electron chi connectivity index (χ1n) is 13.7. The third kappa shape index (κ3) is 7.23. The first-order chi connectivity index (χ1) is 19.2. The fourth-order valence-corrected chi connectivity index (χ4v) is 6.69. The molecule has 7 nitrogen and oxygen atoms in total. The predicted molar refractivity (Wildman–Crippen MR) is 159 cm³/mol. The summed E-state index contributed by atoms with van der Waals surface area (Å²) in [6, 6.07) is 21.5. The lowest BCUT2D eigenvalue weighted by atomic mass is 10.1. The van der Waals surface area contributed by atoms with E-state index in [4.69, 9.17) is 11.6 Å². The van der Waals surface area contributed by atoms with Crippen LogP contribution in [0.1, 0.15) is 50.2 Å². The van der Waals surface area contributed by atoms with Crippen molar-refractivity contribution in [3.63, 3.8) is 0 Å². The molecule has 1 aliphatic rings. The van der Waals surface area contributed by atoms with Crippen LogP contribution < -0.4 is 9.62 Å². The van der Waals surface area contributed by atoms with Gasteiger partial charge in [0.2, 0.25) is 11.8 Å². The summed E-state index contributed by atoms with van der Waals surface area (Å²) in [6.07, 6.45) is 4.39. The third-order valence-electron chi connectivity index (χ3n) is 7.25. The molecular weight excluding hydrogens is 546 g/mol. The summed E-state index contributed by atoms with van der Waals surface area (Å²) in [5, 5.41) is 3.54. The van der Waals surface area contributed by atoms with E-state index in [0.29, 0.717) is 17.1 Å². The van der Waals surface area contributed by atoms with Crippen LogP contribution in [0.3, 0.4) is 0 Å². The Balaban J connectivity index is 1.69. The van der Waals surface area contributed by atoms with Crippen LogP contribution in [-0.4, -0.2) is 43.8 Å². The number of anilines is 1. The van der Waals surface area contributed by atoms with Crippen LogP contribution in [0.4, 0.5) is 5.69 Å². The largest absolute Gasteiger partial charge is 0.352 e. The van der Waals surface area contributed by atoms with Gasteiger partial charge in [-0.3, -0.25) is 13.9 Å². The van der Waals surface area contributed by atoms with Crippen LogP contribution in [0.2, 0.25) is 5.02 Å². The first kappa shape index (κ1) is 29.6.